The number of rotatable bonds is 4. The molecular formula is C16H17BrFN. The van der Waals surface area contributed by atoms with Gasteiger partial charge in [-0.25, -0.2) is 4.39 Å². The fraction of sp³-hybridized carbons (Fsp3) is 0.250. The first-order valence-corrected chi connectivity index (χ1v) is 7.20. The minimum Gasteiger partial charge on any atom is -0.310 e. The molecule has 0 fully saturated rings. The number of halogens is 2. The van der Waals surface area contributed by atoms with Gasteiger partial charge >= 0.3 is 0 Å². The molecule has 0 aliphatic heterocycles. The van der Waals surface area contributed by atoms with Crippen molar-refractivity contribution in [2.24, 2.45) is 0 Å². The van der Waals surface area contributed by atoms with Crippen molar-refractivity contribution < 1.29 is 4.39 Å². The molecule has 1 unspecified atom stereocenters. The Balaban J connectivity index is 2.30. The van der Waals surface area contributed by atoms with Crippen LogP contribution in [0.3, 0.4) is 0 Å². The molecule has 0 heterocycles. The average Bonchev–Trinajstić information content (AvgIpc) is 2.42. The molecule has 2 aromatic rings. The Labute approximate surface area is 122 Å². The molecule has 0 aliphatic carbocycles. The van der Waals surface area contributed by atoms with Gasteiger partial charge in [-0.1, -0.05) is 43.3 Å². The Morgan fingerprint density at radius 3 is 2.47 bits per heavy atom. The van der Waals surface area contributed by atoms with Crippen LogP contribution in [-0.2, 0) is 0 Å². The van der Waals surface area contributed by atoms with Crippen LogP contribution in [0.25, 0.3) is 11.1 Å². The van der Waals surface area contributed by atoms with E-state index in [1.165, 1.54) is 5.56 Å². The zero-order valence-electron chi connectivity index (χ0n) is 11.1. The van der Waals surface area contributed by atoms with Crippen LogP contribution in [0, 0.1) is 5.82 Å². The van der Waals surface area contributed by atoms with E-state index in [9.17, 15) is 4.39 Å². The molecule has 19 heavy (non-hydrogen) atoms. The second kappa shape index (κ2) is 6.31. The molecule has 0 spiro atoms. The summed E-state index contributed by atoms with van der Waals surface area (Å²) in [5, 5.41) is 3.36. The molecule has 0 radical (unpaired) electrons. The molecular weight excluding hydrogens is 305 g/mol. The Hall–Kier alpha value is -1.19. The van der Waals surface area contributed by atoms with Gasteiger partial charge < -0.3 is 5.32 Å². The topological polar surface area (TPSA) is 12.0 Å². The average molecular weight is 322 g/mol. The largest absolute Gasteiger partial charge is 0.310 e. The van der Waals surface area contributed by atoms with Gasteiger partial charge in [-0.2, -0.15) is 0 Å². The third kappa shape index (κ3) is 3.23. The highest BCUT2D eigenvalue weighted by atomic mass is 79.9. The molecule has 1 atom stereocenters. The Kier molecular flexibility index (Phi) is 4.72. The van der Waals surface area contributed by atoms with Gasteiger partial charge in [0.1, 0.15) is 5.82 Å². The maximum atomic E-state index is 14.0. The summed E-state index contributed by atoms with van der Waals surface area (Å²) in [6, 6.07) is 13.7. The molecule has 0 saturated carbocycles. The van der Waals surface area contributed by atoms with E-state index in [4.69, 9.17) is 0 Å². The predicted molar refractivity (Wildman–Crippen MR) is 81.6 cm³/mol. The maximum Gasteiger partial charge on any atom is 0.145 e. The standard InChI is InChI=1S/C16H17BrFN/c1-3-19-11(2)12-7-9-13(10-8-12)14-5-4-6-15(17)16(14)18/h4-11,19H,3H2,1-2H3. The normalized spacial score (nSPS) is 12.4. The van der Waals surface area contributed by atoms with Crippen molar-refractivity contribution in [2.75, 3.05) is 6.54 Å². The summed E-state index contributed by atoms with van der Waals surface area (Å²) in [5.74, 6) is -0.213. The molecule has 1 nitrogen and oxygen atoms in total. The summed E-state index contributed by atoms with van der Waals surface area (Å²) in [5.41, 5.74) is 2.73. The van der Waals surface area contributed by atoms with Gasteiger partial charge in [-0.3, -0.25) is 0 Å². The molecule has 0 aliphatic rings. The summed E-state index contributed by atoms with van der Waals surface area (Å²) < 4.78 is 14.5. The number of hydrogen-bond donors (Lipinski definition) is 1. The van der Waals surface area contributed by atoms with Crippen molar-refractivity contribution in [1.82, 2.24) is 5.32 Å². The van der Waals surface area contributed by atoms with Crippen LogP contribution in [0.4, 0.5) is 4.39 Å². The second-order valence-electron chi connectivity index (χ2n) is 4.50. The van der Waals surface area contributed by atoms with E-state index >= 15 is 0 Å². The third-order valence-electron chi connectivity index (χ3n) is 3.18. The van der Waals surface area contributed by atoms with Gasteiger partial charge in [0.15, 0.2) is 0 Å². The monoisotopic (exact) mass is 321 g/mol. The van der Waals surface area contributed by atoms with E-state index in [0.29, 0.717) is 16.1 Å². The van der Waals surface area contributed by atoms with Crippen LogP contribution < -0.4 is 5.32 Å². The quantitative estimate of drug-likeness (QED) is 0.842. The molecule has 0 amide bonds. The molecule has 2 aromatic carbocycles. The minimum absolute atomic E-state index is 0.213. The molecule has 0 aromatic heterocycles. The van der Waals surface area contributed by atoms with Gasteiger partial charge in [0, 0.05) is 11.6 Å². The first-order valence-electron chi connectivity index (χ1n) is 6.41. The van der Waals surface area contributed by atoms with Crippen LogP contribution in [0.15, 0.2) is 46.9 Å². The minimum atomic E-state index is -0.213. The molecule has 0 bridgehead atoms. The van der Waals surface area contributed by atoms with E-state index < -0.39 is 0 Å². The zero-order chi connectivity index (χ0) is 13.8. The Morgan fingerprint density at radius 2 is 1.84 bits per heavy atom. The summed E-state index contributed by atoms with van der Waals surface area (Å²) in [6.07, 6.45) is 0. The lowest BCUT2D eigenvalue weighted by molar-refractivity contribution is 0.598. The van der Waals surface area contributed by atoms with E-state index in [1.54, 1.807) is 12.1 Å². The summed E-state index contributed by atoms with van der Waals surface area (Å²) in [6.45, 7) is 5.14. The van der Waals surface area contributed by atoms with Gasteiger partial charge in [-0.05, 0) is 46.6 Å². The van der Waals surface area contributed by atoms with Crippen molar-refractivity contribution in [2.45, 2.75) is 19.9 Å². The fourth-order valence-corrected chi connectivity index (χ4v) is 2.47. The van der Waals surface area contributed by atoms with Gasteiger partial charge in [-0.15, -0.1) is 0 Å². The van der Waals surface area contributed by atoms with Crippen LogP contribution in [0.1, 0.15) is 25.5 Å². The smallest absolute Gasteiger partial charge is 0.145 e. The number of nitrogens with one attached hydrogen (secondary N) is 1. The lowest BCUT2D eigenvalue weighted by Crippen LogP contribution is -2.17. The van der Waals surface area contributed by atoms with E-state index in [0.717, 1.165) is 12.1 Å². The first-order chi connectivity index (χ1) is 9.13. The van der Waals surface area contributed by atoms with Gasteiger partial charge in [0.25, 0.3) is 0 Å². The zero-order valence-corrected chi connectivity index (χ0v) is 12.7. The molecule has 2 rings (SSSR count). The molecule has 0 saturated heterocycles. The van der Waals surface area contributed by atoms with E-state index in [1.807, 2.05) is 30.3 Å². The predicted octanol–water partition coefficient (Wildman–Crippen LogP) is 4.93. The van der Waals surface area contributed by atoms with E-state index in [-0.39, 0.29) is 5.82 Å². The van der Waals surface area contributed by atoms with Crippen LogP contribution in [0.2, 0.25) is 0 Å². The van der Waals surface area contributed by atoms with Crippen LogP contribution in [0.5, 0.6) is 0 Å². The molecule has 3 heteroatoms. The van der Waals surface area contributed by atoms with Gasteiger partial charge in [0.05, 0.1) is 4.47 Å². The van der Waals surface area contributed by atoms with Crippen molar-refractivity contribution in [1.29, 1.82) is 0 Å². The van der Waals surface area contributed by atoms with E-state index in [2.05, 4.69) is 35.1 Å². The van der Waals surface area contributed by atoms with Crippen molar-refractivity contribution in [3.8, 4) is 11.1 Å². The highest BCUT2D eigenvalue weighted by Crippen LogP contribution is 2.28. The van der Waals surface area contributed by atoms with Crippen molar-refractivity contribution >= 4 is 15.9 Å². The number of hydrogen-bond acceptors (Lipinski definition) is 1. The Morgan fingerprint density at radius 1 is 1.16 bits per heavy atom. The maximum absolute atomic E-state index is 14.0. The van der Waals surface area contributed by atoms with Crippen molar-refractivity contribution in [3.05, 3.63) is 58.3 Å². The van der Waals surface area contributed by atoms with Crippen LogP contribution in [-0.4, -0.2) is 6.54 Å². The van der Waals surface area contributed by atoms with Crippen LogP contribution >= 0.6 is 15.9 Å². The summed E-state index contributed by atoms with van der Waals surface area (Å²) in [7, 11) is 0. The summed E-state index contributed by atoms with van der Waals surface area (Å²) in [4.78, 5) is 0. The lowest BCUT2D eigenvalue weighted by Gasteiger charge is -2.13. The summed E-state index contributed by atoms with van der Waals surface area (Å²) >= 11 is 3.22. The highest BCUT2D eigenvalue weighted by Gasteiger charge is 2.09. The van der Waals surface area contributed by atoms with Crippen molar-refractivity contribution in [3.63, 3.8) is 0 Å². The Bertz CT molecular complexity index is 551. The fourth-order valence-electron chi connectivity index (χ4n) is 2.10. The lowest BCUT2D eigenvalue weighted by atomic mass is 10.0. The first kappa shape index (κ1) is 14.2. The number of benzene rings is 2. The second-order valence-corrected chi connectivity index (χ2v) is 5.36. The SMILES string of the molecule is CCNC(C)c1ccc(-c2cccc(Br)c2F)cc1. The molecule has 100 valence electrons. The van der Waals surface area contributed by atoms with Gasteiger partial charge in [0.2, 0.25) is 0 Å². The molecule has 1 N–H and O–H groups in total. The third-order valence-corrected chi connectivity index (χ3v) is 3.80. The highest BCUT2D eigenvalue weighted by molar-refractivity contribution is 9.10.